The number of esters is 3. The molecule has 0 heterocycles. The van der Waals surface area contributed by atoms with Gasteiger partial charge in [0.2, 0.25) is 5.78 Å². The van der Waals surface area contributed by atoms with Crippen LogP contribution < -0.4 is 4.74 Å². The molecule has 0 saturated carbocycles. The highest BCUT2D eigenvalue weighted by atomic mass is 16.7. The van der Waals surface area contributed by atoms with Gasteiger partial charge in [0.05, 0.1) is 6.61 Å². The van der Waals surface area contributed by atoms with E-state index < -0.39 is 35.4 Å². The molecule has 0 atom stereocenters. The van der Waals surface area contributed by atoms with Crippen molar-refractivity contribution in [3.63, 3.8) is 0 Å². The summed E-state index contributed by atoms with van der Waals surface area (Å²) in [6.07, 6.45) is -0.712. The van der Waals surface area contributed by atoms with E-state index >= 15 is 0 Å². The van der Waals surface area contributed by atoms with Crippen molar-refractivity contribution in [2.24, 2.45) is 0 Å². The third kappa shape index (κ3) is 12.2. The van der Waals surface area contributed by atoms with Gasteiger partial charge in [0, 0.05) is 23.1 Å². The molecule has 11 nitrogen and oxygen atoms in total. The zero-order chi connectivity index (χ0) is 28.7. The molecule has 0 aliphatic carbocycles. The maximum absolute atomic E-state index is 12.8. The molecule has 0 bridgehead atoms. The smallest absolute Gasteiger partial charge is 0.490 e. The third-order valence-electron chi connectivity index (χ3n) is 4.60. The molecular weight excluding hydrogens is 500 g/mol. The van der Waals surface area contributed by atoms with Gasteiger partial charge in [-0.1, -0.05) is 13.2 Å². The Morgan fingerprint density at radius 3 is 1.79 bits per heavy atom. The highest BCUT2D eigenvalue weighted by molar-refractivity contribution is 6.03. The lowest BCUT2D eigenvalue weighted by molar-refractivity contribution is -0.153. The molecule has 1 rings (SSSR count). The normalized spacial score (nSPS) is 10.5. The molecule has 1 aromatic carbocycles. The number of hydrogen-bond acceptors (Lipinski definition) is 11. The highest BCUT2D eigenvalue weighted by Crippen LogP contribution is 2.21. The van der Waals surface area contributed by atoms with Gasteiger partial charge >= 0.3 is 24.1 Å². The fourth-order valence-corrected chi connectivity index (χ4v) is 2.65. The number of Topliss-reactive ketones (excluding diaryl/α,β-unsaturated/α-hetero) is 1. The van der Waals surface area contributed by atoms with Crippen LogP contribution in [0.5, 0.6) is 5.75 Å². The summed E-state index contributed by atoms with van der Waals surface area (Å²) in [5.41, 5.74) is -0.606. The fourth-order valence-electron chi connectivity index (χ4n) is 2.65. The Morgan fingerprint density at radius 1 is 0.737 bits per heavy atom. The Kier molecular flexibility index (Phi) is 13.3. The van der Waals surface area contributed by atoms with E-state index in [9.17, 15) is 24.0 Å². The van der Waals surface area contributed by atoms with Crippen LogP contribution in [0.3, 0.4) is 0 Å². The number of rotatable bonds is 16. The lowest BCUT2D eigenvalue weighted by atomic mass is 9.96. The van der Waals surface area contributed by atoms with Crippen molar-refractivity contribution in [2.75, 3.05) is 33.0 Å². The van der Waals surface area contributed by atoms with Gasteiger partial charge in [-0.15, -0.1) is 0 Å². The summed E-state index contributed by atoms with van der Waals surface area (Å²) in [5.74, 6) is -1.70. The van der Waals surface area contributed by atoms with Gasteiger partial charge in [0.1, 0.15) is 32.2 Å². The molecule has 0 fully saturated rings. The van der Waals surface area contributed by atoms with E-state index in [1.54, 1.807) is 12.1 Å². The van der Waals surface area contributed by atoms with Crippen LogP contribution in [0.4, 0.5) is 4.79 Å². The number of benzene rings is 1. The van der Waals surface area contributed by atoms with Gasteiger partial charge < -0.3 is 28.4 Å². The molecule has 0 spiro atoms. The van der Waals surface area contributed by atoms with Crippen LogP contribution in [0.1, 0.15) is 50.9 Å². The van der Waals surface area contributed by atoms with E-state index in [1.165, 1.54) is 39.8 Å². The summed E-state index contributed by atoms with van der Waals surface area (Å²) in [5, 5.41) is 0. The second-order valence-electron chi connectivity index (χ2n) is 8.57. The Morgan fingerprint density at radius 2 is 1.24 bits per heavy atom. The maximum atomic E-state index is 12.8. The van der Waals surface area contributed by atoms with Crippen LogP contribution in [0.15, 0.2) is 48.6 Å². The molecule has 208 valence electrons. The molecule has 0 aromatic heterocycles. The lowest BCUT2D eigenvalue weighted by Crippen LogP contribution is -2.37. The molecule has 0 radical (unpaired) electrons. The third-order valence-corrected chi connectivity index (χ3v) is 4.60. The van der Waals surface area contributed by atoms with Crippen molar-refractivity contribution in [1.29, 1.82) is 0 Å². The first-order valence-electron chi connectivity index (χ1n) is 11.8. The predicted molar refractivity (Wildman–Crippen MR) is 135 cm³/mol. The molecular formula is C27H34O11. The Bertz CT molecular complexity index is 1020. The van der Waals surface area contributed by atoms with Crippen molar-refractivity contribution in [1.82, 2.24) is 0 Å². The molecule has 0 amide bonds. The van der Waals surface area contributed by atoms with Crippen molar-refractivity contribution >= 4 is 29.8 Å². The van der Waals surface area contributed by atoms with E-state index in [0.717, 1.165) is 0 Å². The molecule has 1 aromatic rings. The molecule has 11 heteroatoms. The first kappa shape index (κ1) is 31.9. The maximum Gasteiger partial charge on any atom is 0.508 e. The fraction of sp³-hybridized carbons (Fsp3) is 0.444. The van der Waals surface area contributed by atoms with Gasteiger partial charge in [0.15, 0.2) is 5.60 Å². The van der Waals surface area contributed by atoms with Gasteiger partial charge in [-0.25, -0.2) is 14.4 Å². The lowest BCUT2D eigenvalue weighted by Gasteiger charge is -2.24. The minimum absolute atomic E-state index is 0.0228. The Labute approximate surface area is 221 Å². The molecule has 0 aliphatic heterocycles. The minimum Gasteiger partial charge on any atom is -0.490 e. The van der Waals surface area contributed by atoms with E-state index in [0.29, 0.717) is 11.3 Å². The van der Waals surface area contributed by atoms with Crippen LogP contribution in [0.2, 0.25) is 0 Å². The second kappa shape index (κ2) is 15.9. The number of carbonyl (C=O) groups is 5. The second-order valence-corrected chi connectivity index (χ2v) is 8.57. The predicted octanol–water partition coefficient (Wildman–Crippen LogP) is 3.74. The topological polar surface area (TPSA) is 141 Å². The van der Waals surface area contributed by atoms with Crippen molar-refractivity contribution in [3.05, 3.63) is 54.1 Å². The minimum atomic E-state index is -1.41. The molecule has 0 aliphatic rings. The number of ketones is 1. The van der Waals surface area contributed by atoms with Gasteiger partial charge in [-0.2, -0.15) is 0 Å². The van der Waals surface area contributed by atoms with E-state index in [2.05, 4.69) is 13.2 Å². The standard InChI is InChI=1S/C27H34O11/c1-18(2)24(30)34-13-7-8-22(28)38-27(5,6)23(29)20-9-11-21(12-10-20)33-14-16-36-26(32)37-17-15-35-25(31)19(3)4/h9-12H,1,3,7-8,13-17H2,2,4-6H3. The summed E-state index contributed by atoms with van der Waals surface area (Å²) in [6, 6.07) is 6.14. The summed E-state index contributed by atoms with van der Waals surface area (Å²) >= 11 is 0. The molecule has 38 heavy (non-hydrogen) atoms. The summed E-state index contributed by atoms with van der Waals surface area (Å²) in [4.78, 5) is 59.0. The summed E-state index contributed by atoms with van der Waals surface area (Å²) < 4.78 is 30.1. The monoisotopic (exact) mass is 534 g/mol. The number of hydrogen-bond donors (Lipinski definition) is 0. The van der Waals surface area contributed by atoms with Gasteiger partial charge in [-0.3, -0.25) is 9.59 Å². The van der Waals surface area contributed by atoms with Crippen molar-refractivity contribution in [2.45, 2.75) is 46.1 Å². The van der Waals surface area contributed by atoms with Gasteiger partial charge in [0.25, 0.3) is 0 Å². The van der Waals surface area contributed by atoms with Crippen LogP contribution in [-0.2, 0) is 38.1 Å². The highest BCUT2D eigenvalue weighted by Gasteiger charge is 2.32. The zero-order valence-electron chi connectivity index (χ0n) is 22.2. The van der Waals surface area contributed by atoms with Crippen LogP contribution in [0.25, 0.3) is 0 Å². The van der Waals surface area contributed by atoms with Crippen molar-refractivity contribution in [3.8, 4) is 5.75 Å². The summed E-state index contributed by atoms with van der Waals surface area (Å²) in [6.45, 7) is 12.6. The number of carbonyl (C=O) groups excluding carboxylic acids is 5. The zero-order valence-corrected chi connectivity index (χ0v) is 22.2. The summed E-state index contributed by atoms with van der Waals surface area (Å²) in [7, 11) is 0. The van der Waals surface area contributed by atoms with E-state index in [1.807, 2.05) is 0 Å². The first-order chi connectivity index (χ1) is 17.8. The quantitative estimate of drug-likeness (QED) is 0.101. The molecule has 0 saturated heterocycles. The van der Waals surface area contributed by atoms with Crippen LogP contribution in [0, 0.1) is 0 Å². The van der Waals surface area contributed by atoms with Crippen LogP contribution >= 0.6 is 0 Å². The molecule has 0 unspecified atom stereocenters. The first-order valence-corrected chi connectivity index (χ1v) is 11.8. The van der Waals surface area contributed by atoms with Gasteiger partial charge in [-0.05, 0) is 58.4 Å². The molecule has 0 N–H and O–H groups in total. The average Bonchev–Trinajstić information content (AvgIpc) is 2.86. The Balaban J connectivity index is 2.36. The Hall–Kier alpha value is -4.15. The SMILES string of the molecule is C=C(C)C(=O)OCCCC(=O)OC(C)(C)C(=O)c1ccc(OCCOC(=O)OCCOC(=O)C(=C)C)cc1. The van der Waals surface area contributed by atoms with E-state index in [4.69, 9.17) is 28.4 Å². The van der Waals surface area contributed by atoms with Crippen molar-refractivity contribution < 1.29 is 52.4 Å². The van der Waals surface area contributed by atoms with Crippen LogP contribution in [-0.4, -0.2) is 68.5 Å². The number of ether oxygens (including phenoxy) is 6. The largest absolute Gasteiger partial charge is 0.508 e. The van der Waals surface area contributed by atoms with E-state index in [-0.39, 0.29) is 57.0 Å². The average molecular weight is 535 g/mol.